The molecule has 0 bridgehead atoms. The van der Waals surface area contributed by atoms with Gasteiger partial charge in [-0.1, -0.05) is 0 Å². The van der Waals surface area contributed by atoms with Gasteiger partial charge < -0.3 is 15.7 Å². The lowest BCUT2D eigenvalue weighted by Gasteiger charge is -2.32. The van der Waals surface area contributed by atoms with Crippen LogP contribution in [0.25, 0.3) is 0 Å². The number of hydrogen-bond acceptors (Lipinski definition) is 4. The van der Waals surface area contributed by atoms with Gasteiger partial charge in [-0.05, 0) is 12.8 Å². The van der Waals surface area contributed by atoms with Crippen LogP contribution in [0.15, 0.2) is 12.4 Å². The lowest BCUT2D eigenvalue weighted by molar-refractivity contribution is -0.142. The summed E-state index contributed by atoms with van der Waals surface area (Å²) in [5.74, 6) is -1.58. The van der Waals surface area contributed by atoms with Crippen molar-refractivity contribution in [2.45, 2.75) is 12.8 Å². The summed E-state index contributed by atoms with van der Waals surface area (Å²) in [5.41, 5.74) is 6.31. The molecule has 17 heavy (non-hydrogen) atoms. The molecule has 2 heterocycles. The Morgan fingerprint density at radius 1 is 1.47 bits per heavy atom. The van der Waals surface area contributed by atoms with Crippen LogP contribution in [0.3, 0.4) is 0 Å². The van der Waals surface area contributed by atoms with Crippen LogP contribution in [0.1, 0.15) is 12.8 Å². The Kier molecular flexibility index (Phi) is 3.12. The van der Waals surface area contributed by atoms with Gasteiger partial charge in [-0.2, -0.15) is 0 Å². The molecule has 0 unspecified atom stereocenters. The highest BCUT2D eigenvalue weighted by Gasteiger charge is 2.26. The third-order valence-electron chi connectivity index (χ3n) is 3.06. The topological polar surface area (TPSA) is 79.5 Å². The van der Waals surface area contributed by atoms with Crippen LogP contribution in [0, 0.1) is 11.7 Å². The number of halogens is 1. The van der Waals surface area contributed by atoms with E-state index in [4.69, 9.17) is 10.8 Å². The first-order valence-electron chi connectivity index (χ1n) is 5.46. The molecule has 5 nitrogen and oxygen atoms in total. The second-order valence-electron chi connectivity index (χ2n) is 4.16. The predicted octanol–water partition coefficient (Wildman–Crippen LogP) is 1.10. The molecule has 0 atom stereocenters. The first-order valence-corrected chi connectivity index (χ1v) is 5.46. The number of carboxylic acids is 1. The molecule has 1 aliphatic rings. The molecule has 2 rings (SSSR count). The van der Waals surface area contributed by atoms with Crippen LogP contribution < -0.4 is 10.6 Å². The standard InChI is InChI=1S/C11H14FN3O2/c12-8-5-14-6-9(13)10(8)15-3-1-7(2-4-15)11(16)17/h5-7H,1-4,13H2,(H,16,17). The van der Waals surface area contributed by atoms with E-state index < -0.39 is 11.8 Å². The number of nitrogens with zero attached hydrogens (tertiary/aromatic N) is 2. The van der Waals surface area contributed by atoms with E-state index in [1.54, 1.807) is 4.90 Å². The molecule has 0 saturated carbocycles. The average molecular weight is 239 g/mol. The van der Waals surface area contributed by atoms with E-state index >= 15 is 0 Å². The van der Waals surface area contributed by atoms with Crippen molar-refractivity contribution in [3.8, 4) is 0 Å². The van der Waals surface area contributed by atoms with Crippen molar-refractivity contribution in [3.05, 3.63) is 18.2 Å². The van der Waals surface area contributed by atoms with Gasteiger partial charge in [0.15, 0.2) is 5.82 Å². The number of hydrogen-bond donors (Lipinski definition) is 2. The molecule has 6 heteroatoms. The number of anilines is 2. The fraction of sp³-hybridized carbons (Fsp3) is 0.455. The Labute approximate surface area is 98.1 Å². The lowest BCUT2D eigenvalue weighted by atomic mass is 9.96. The molecule has 0 aliphatic carbocycles. The number of carboxylic acid groups (broad SMARTS) is 1. The first-order chi connectivity index (χ1) is 8.09. The van der Waals surface area contributed by atoms with E-state index in [2.05, 4.69) is 4.98 Å². The Morgan fingerprint density at radius 3 is 2.65 bits per heavy atom. The van der Waals surface area contributed by atoms with E-state index in [0.29, 0.717) is 37.3 Å². The molecule has 0 spiro atoms. The van der Waals surface area contributed by atoms with E-state index in [-0.39, 0.29) is 5.92 Å². The normalized spacial score (nSPS) is 17.1. The summed E-state index contributed by atoms with van der Waals surface area (Å²) >= 11 is 0. The summed E-state index contributed by atoms with van der Waals surface area (Å²) in [7, 11) is 0. The Balaban J connectivity index is 2.13. The third kappa shape index (κ3) is 2.30. The molecule has 1 aromatic heterocycles. The second kappa shape index (κ2) is 4.57. The van der Waals surface area contributed by atoms with Crippen molar-refractivity contribution in [1.82, 2.24) is 4.98 Å². The summed E-state index contributed by atoms with van der Waals surface area (Å²) in [6.07, 6.45) is 3.55. The highest BCUT2D eigenvalue weighted by Crippen LogP contribution is 2.29. The summed E-state index contributed by atoms with van der Waals surface area (Å²) in [6.45, 7) is 1.00. The Morgan fingerprint density at radius 2 is 2.12 bits per heavy atom. The molecular weight excluding hydrogens is 225 g/mol. The first kappa shape index (κ1) is 11.6. The van der Waals surface area contributed by atoms with Crippen LogP contribution in [0.2, 0.25) is 0 Å². The average Bonchev–Trinajstić information content (AvgIpc) is 2.29. The SMILES string of the molecule is Nc1cncc(F)c1N1CCC(C(=O)O)CC1. The number of pyridine rings is 1. The molecule has 1 saturated heterocycles. The number of carbonyl (C=O) groups is 1. The van der Waals surface area contributed by atoms with Gasteiger partial charge in [0.1, 0.15) is 0 Å². The van der Waals surface area contributed by atoms with E-state index in [1.807, 2.05) is 0 Å². The molecule has 1 aliphatic heterocycles. The zero-order chi connectivity index (χ0) is 12.4. The Hall–Kier alpha value is -1.85. The van der Waals surface area contributed by atoms with Gasteiger partial charge >= 0.3 is 5.97 Å². The number of aliphatic carboxylic acids is 1. The number of nitrogen functional groups attached to an aromatic ring is 1. The van der Waals surface area contributed by atoms with Crippen molar-refractivity contribution < 1.29 is 14.3 Å². The highest BCUT2D eigenvalue weighted by molar-refractivity contribution is 5.71. The monoisotopic (exact) mass is 239 g/mol. The van der Waals surface area contributed by atoms with Gasteiger partial charge in [-0.15, -0.1) is 0 Å². The second-order valence-corrected chi connectivity index (χ2v) is 4.16. The predicted molar refractivity (Wildman–Crippen MR) is 61.2 cm³/mol. The maximum absolute atomic E-state index is 13.6. The minimum atomic E-state index is -0.784. The summed E-state index contributed by atoms with van der Waals surface area (Å²) in [4.78, 5) is 16.2. The van der Waals surface area contributed by atoms with Gasteiger partial charge in [-0.25, -0.2) is 4.39 Å². The maximum atomic E-state index is 13.6. The number of nitrogens with two attached hydrogens (primary N) is 1. The van der Waals surface area contributed by atoms with Gasteiger partial charge in [-0.3, -0.25) is 9.78 Å². The summed E-state index contributed by atoms with van der Waals surface area (Å²) in [6, 6.07) is 0. The number of aromatic nitrogens is 1. The largest absolute Gasteiger partial charge is 0.481 e. The van der Waals surface area contributed by atoms with Crippen LogP contribution in [-0.2, 0) is 4.79 Å². The van der Waals surface area contributed by atoms with E-state index in [0.717, 1.165) is 6.20 Å². The third-order valence-corrected chi connectivity index (χ3v) is 3.06. The van der Waals surface area contributed by atoms with Gasteiger partial charge in [0.2, 0.25) is 0 Å². The number of rotatable bonds is 2. The molecule has 1 fully saturated rings. The van der Waals surface area contributed by atoms with Crippen molar-refractivity contribution in [2.24, 2.45) is 5.92 Å². The smallest absolute Gasteiger partial charge is 0.306 e. The van der Waals surface area contributed by atoms with Crippen LogP contribution in [-0.4, -0.2) is 29.1 Å². The quantitative estimate of drug-likeness (QED) is 0.808. The zero-order valence-electron chi connectivity index (χ0n) is 9.27. The number of piperidine rings is 1. The molecule has 92 valence electrons. The molecule has 3 N–H and O–H groups in total. The van der Waals surface area contributed by atoms with Gasteiger partial charge in [0.25, 0.3) is 0 Å². The van der Waals surface area contributed by atoms with Gasteiger partial charge in [0.05, 0.1) is 29.7 Å². The minimum Gasteiger partial charge on any atom is -0.481 e. The molecular formula is C11H14FN3O2. The molecule has 0 aromatic carbocycles. The highest BCUT2D eigenvalue weighted by atomic mass is 19.1. The van der Waals surface area contributed by atoms with E-state index in [9.17, 15) is 9.18 Å². The molecule has 0 radical (unpaired) electrons. The summed E-state index contributed by atoms with van der Waals surface area (Å²) < 4.78 is 13.6. The lowest BCUT2D eigenvalue weighted by Crippen LogP contribution is -2.37. The molecule has 0 amide bonds. The van der Waals surface area contributed by atoms with Crippen LogP contribution >= 0.6 is 0 Å². The summed E-state index contributed by atoms with van der Waals surface area (Å²) in [5, 5.41) is 8.88. The fourth-order valence-corrected chi connectivity index (χ4v) is 2.13. The fourth-order valence-electron chi connectivity index (χ4n) is 2.13. The van der Waals surface area contributed by atoms with Crippen LogP contribution in [0.4, 0.5) is 15.8 Å². The van der Waals surface area contributed by atoms with E-state index in [1.165, 1.54) is 6.20 Å². The van der Waals surface area contributed by atoms with Crippen molar-refractivity contribution in [1.29, 1.82) is 0 Å². The van der Waals surface area contributed by atoms with Gasteiger partial charge in [0, 0.05) is 13.1 Å². The van der Waals surface area contributed by atoms with Crippen molar-refractivity contribution in [2.75, 3.05) is 23.7 Å². The van der Waals surface area contributed by atoms with Crippen molar-refractivity contribution in [3.63, 3.8) is 0 Å². The zero-order valence-corrected chi connectivity index (χ0v) is 9.27. The van der Waals surface area contributed by atoms with Crippen LogP contribution in [0.5, 0.6) is 0 Å². The Bertz CT molecular complexity index is 410. The van der Waals surface area contributed by atoms with Crippen molar-refractivity contribution >= 4 is 17.3 Å². The minimum absolute atomic E-state index is 0.291. The molecule has 1 aromatic rings. The maximum Gasteiger partial charge on any atom is 0.306 e.